The zero-order valence-corrected chi connectivity index (χ0v) is 11.0. The molecule has 2 aliphatic rings. The Morgan fingerprint density at radius 3 is 2.19 bits per heavy atom. The molecule has 2 aliphatic carbocycles. The predicted octanol–water partition coefficient (Wildman–Crippen LogP) is 4.06. The molecule has 92 valence electrons. The van der Waals surface area contributed by atoms with Crippen molar-refractivity contribution < 1.29 is 4.79 Å². The zero-order valence-electron chi connectivity index (χ0n) is 11.0. The summed E-state index contributed by atoms with van der Waals surface area (Å²) in [5, 5.41) is 0. The maximum atomic E-state index is 12.5. The van der Waals surface area contributed by atoms with Crippen molar-refractivity contribution in [1.29, 1.82) is 0 Å². The van der Waals surface area contributed by atoms with E-state index >= 15 is 0 Å². The number of hydrogen-bond acceptors (Lipinski definition) is 1. The smallest absolute Gasteiger partial charge is 0.139 e. The Kier molecular flexibility index (Phi) is 3.71. The van der Waals surface area contributed by atoms with Crippen molar-refractivity contribution in [1.82, 2.24) is 0 Å². The van der Waals surface area contributed by atoms with Crippen molar-refractivity contribution in [3.63, 3.8) is 0 Å². The van der Waals surface area contributed by atoms with Crippen LogP contribution in [-0.2, 0) is 4.79 Å². The minimum Gasteiger partial charge on any atom is -0.299 e. The van der Waals surface area contributed by atoms with E-state index in [9.17, 15) is 4.79 Å². The summed E-state index contributed by atoms with van der Waals surface area (Å²) >= 11 is 0. The highest BCUT2D eigenvalue weighted by atomic mass is 16.1. The summed E-state index contributed by atoms with van der Waals surface area (Å²) in [5.41, 5.74) is 0. The van der Waals surface area contributed by atoms with Crippen LogP contribution in [0.5, 0.6) is 0 Å². The lowest BCUT2D eigenvalue weighted by Crippen LogP contribution is -2.31. The summed E-state index contributed by atoms with van der Waals surface area (Å²) in [6.07, 6.45) is 7.29. The monoisotopic (exact) mass is 222 g/mol. The second kappa shape index (κ2) is 4.89. The normalized spacial score (nSPS) is 44.6. The van der Waals surface area contributed by atoms with Crippen molar-refractivity contribution in [3.05, 3.63) is 0 Å². The van der Waals surface area contributed by atoms with Gasteiger partial charge in [-0.3, -0.25) is 4.79 Å². The molecule has 0 aromatic heterocycles. The molecule has 2 rings (SSSR count). The van der Waals surface area contributed by atoms with Crippen molar-refractivity contribution in [2.75, 3.05) is 0 Å². The fraction of sp³-hybridized carbons (Fsp3) is 0.933. The third-order valence-corrected chi connectivity index (χ3v) is 5.23. The second-order valence-corrected chi connectivity index (χ2v) is 6.38. The van der Waals surface area contributed by atoms with Crippen LogP contribution < -0.4 is 0 Å². The van der Waals surface area contributed by atoms with E-state index in [0.717, 1.165) is 24.7 Å². The lowest BCUT2D eigenvalue weighted by Gasteiger charge is -2.33. The molecule has 0 bridgehead atoms. The van der Waals surface area contributed by atoms with Crippen molar-refractivity contribution in [2.45, 2.75) is 59.3 Å². The number of carbonyl (C=O) groups is 1. The maximum Gasteiger partial charge on any atom is 0.139 e. The quantitative estimate of drug-likeness (QED) is 0.688. The van der Waals surface area contributed by atoms with Crippen LogP contribution in [0, 0.1) is 29.6 Å². The molecule has 2 saturated carbocycles. The van der Waals surface area contributed by atoms with E-state index in [1.807, 2.05) is 0 Å². The van der Waals surface area contributed by atoms with Crippen LogP contribution in [0.25, 0.3) is 0 Å². The largest absolute Gasteiger partial charge is 0.299 e. The van der Waals surface area contributed by atoms with Gasteiger partial charge in [-0.25, -0.2) is 0 Å². The van der Waals surface area contributed by atoms with Crippen molar-refractivity contribution in [3.8, 4) is 0 Å². The zero-order chi connectivity index (χ0) is 11.7. The van der Waals surface area contributed by atoms with Gasteiger partial charge in [-0.05, 0) is 49.9 Å². The van der Waals surface area contributed by atoms with E-state index in [2.05, 4.69) is 20.8 Å². The summed E-state index contributed by atoms with van der Waals surface area (Å²) < 4.78 is 0. The SMILES string of the molecule is CC1CCC(C(=O)C2CCCC2C)CC1C. The molecule has 5 atom stereocenters. The van der Waals surface area contributed by atoms with E-state index in [1.165, 1.54) is 25.7 Å². The van der Waals surface area contributed by atoms with E-state index < -0.39 is 0 Å². The van der Waals surface area contributed by atoms with Gasteiger partial charge in [-0.2, -0.15) is 0 Å². The van der Waals surface area contributed by atoms with Gasteiger partial charge in [0.15, 0.2) is 0 Å². The summed E-state index contributed by atoms with van der Waals surface area (Å²) in [6.45, 7) is 6.93. The molecule has 0 amide bonds. The first-order valence-electron chi connectivity index (χ1n) is 7.13. The van der Waals surface area contributed by atoms with Gasteiger partial charge < -0.3 is 0 Å². The van der Waals surface area contributed by atoms with Gasteiger partial charge in [-0.15, -0.1) is 0 Å². The van der Waals surface area contributed by atoms with Crippen molar-refractivity contribution in [2.24, 2.45) is 29.6 Å². The molecular weight excluding hydrogens is 196 g/mol. The third kappa shape index (κ3) is 2.33. The first-order valence-corrected chi connectivity index (χ1v) is 7.13. The van der Waals surface area contributed by atoms with Crippen LogP contribution in [-0.4, -0.2) is 5.78 Å². The Balaban J connectivity index is 1.95. The number of carbonyl (C=O) groups excluding carboxylic acids is 1. The van der Waals surface area contributed by atoms with Gasteiger partial charge >= 0.3 is 0 Å². The van der Waals surface area contributed by atoms with E-state index in [0.29, 0.717) is 23.5 Å². The molecule has 0 aliphatic heterocycles. The Bertz CT molecular complexity index is 258. The van der Waals surface area contributed by atoms with E-state index in [4.69, 9.17) is 0 Å². The summed E-state index contributed by atoms with van der Waals surface area (Å²) in [4.78, 5) is 12.5. The third-order valence-electron chi connectivity index (χ3n) is 5.23. The average molecular weight is 222 g/mol. The average Bonchev–Trinajstić information content (AvgIpc) is 2.67. The minimum absolute atomic E-state index is 0.400. The highest BCUT2D eigenvalue weighted by Gasteiger charge is 2.36. The summed E-state index contributed by atoms with van der Waals surface area (Å²) in [6, 6.07) is 0. The highest BCUT2D eigenvalue weighted by Crippen LogP contribution is 2.39. The Morgan fingerprint density at radius 2 is 1.62 bits per heavy atom. The molecule has 0 radical (unpaired) electrons. The van der Waals surface area contributed by atoms with Gasteiger partial charge in [-0.1, -0.05) is 27.2 Å². The van der Waals surface area contributed by atoms with Crippen LogP contribution in [0.2, 0.25) is 0 Å². The maximum absolute atomic E-state index is 12.5. The van der Waals surface area contributed by atoms with E-state index in [-0.39, 0.29) is 0 Å². The lowest BCUT2D eigenvalue weighted by atomic mass is 9.71. The summed E-state index contributed by atoms with van der Waals surface area (Å²) in [7, 11) is 0. The number of ketones is 1. The van der Waals surface area contributed by atoms with Gasteiger partial charge in [0.1, 0.15) is 5.78 Å². The molecule has 0 aromatic rings. The first kappa shape index (κ1) is 12.1. The predicted molar refractivity (Wildman–Crippen MR) is 67.2 cm³/mol. The van der Waals surface area contributed by atoms with Gasteiger partial charge in [0.05, 0.1) is 0 Å². The van der Waals surface area contributed by atoms with Crippen LogP contribution in [0.3, 0.4) is 0 Å². The second-order valence-electron chi connectivity index (χ2n) is 6.38. The molecule has 16 heavy (non-hydrogen) atoms. The Labute approximate surface area is 100.0 Å². The molecule has 0 N–H and O–H groups in total. The van der Waals surface area contributed by atoms with Crippen LogP contribution in [0.15, 0.2) is 0 Å². The standard InChI is InChI=1S/C15H26O/c1-10-7-8-13(9-12(10)3)15(16)14-6-4-5-11(14)2/h10-14H,4-9H2,1-3H3. The molecule has 0 saturated heterocycles. The molecule has 5 unspecified atom stereocenters. The lowest BCUT2D eigenvalue weighted by molar-refractivity contribution is -0.129. The molecular formula is C15H26O. The number of rotatable bonds is 2. The molecule has 0 heterocycles. The van der Waals surface area contributed by atoms with Gasteiger partial charge in [0.2, 0.25) is 0 Å². The fourth-order valence-electron chi connectivity index (χ4n) is 3.68. The number of Topliss-reactive ketones (excluding diaryl/α,β-unsaturated/α-hetero) is 1. The number of hydrogen-bond donors (Lipinski definition) is 0. The van der Waals surface area contributed by atoms with E-state index in [1.54, 1.807) is 0 Å². The topological polar surface area (TPSA) is 17.1 Å². The Hall–Kier alpha value is -0.330. The Morgan fingerprint density at radius 1 is 0.875 bits per heavy atom. The molecule has 1 nitrogen and oxygen atoms in total. The molecule has 1 heteroatoms. The van der Waals surface area contributed by atoms with Crippen LogP contribution in [0.1, 0.15) is 59.3 Å². The van der Waals surface area contributed by atoms with Crippen LogP contribution in [0.4, 0.5) is 0 Å². The molecule has 0 spiro atoms. The fourth-order valence-corrected chi connectivity index (χ4v) is 3.68. The first-order chi connectivity index (χ1) is 7.59. The van der Waals surface area contributed by atoms with Crippen LogP contribution >= 0.6 is 0 Å². The van der Waals surface area contributed by atoms with Gasteiger partial charge in [0.25, 0.3) is 0 Å². The molecule has 2 fully saturated rings. The van der Waals surface area contributed by atoms with Gasteiger partial charge in [0, 0.05) is 11.8 Å². The minimum atomic E-state index is 0.400. The highest BCUT2D eigenvalue weighted by molar-refractivity contribution is 5.84. The van der Waals surface area contributed by atoms with Crippen molar-refractivity contribution >= 4 is 5.78 Å². The molecule has 0 aromatic carbocycles. The summed E-state index contributed by atoms with van der Waals surface area (Å²) in [5.74, 6) is 3.65.